The van der Waals surface area contributed by atoms with E-state index in [9.17, 15) is 14.0 Å². The van der Waals surface area contributed by atoms with E-state index in [1.165, 1.54) is 11.0 Å². The lowest BCUT2D eigenvalue weighted by molar-refractivity contribution is -0.139. The molecule has 0 unspecified atom stereocenters. The minimum atomic E-state index is -1.03. The van der Waals surface area contributed by atoms with Gasteiger partial charge in [-0.15, -0.1) is 0 Å². The zero-order valence-electron chi connectivity index (χ0n) is 21.3. The van der Waals surface area contributed by atoms with Gasteiger partial charge in [-0.25, -0.2) is 4.39 Å². The van der Waals surface area contributed by atoms with Crippen molar-refractivity contribution in [2.75, 3.05) is 24.3 Å². The van der Waals surface area contributed by atoms with Crippen molar-refractivity contribution in [2.45, 2.75) is 19.0 Å². The molecule has 4 rings (SSSR count). The molecule has 0 aliphatic rings. The zero-order valence-corrected chi connectivity index (χ0v) is 22.0. The lowest BCUT2D eigenvalue weighted by Gasteiger charge is -2.32. The van der Waals surface area contributed by atoms with E-state index in [4.69, 9.17) is 11.6 Å². The number of halogens is 2. The molecule has 7 heteroatoms. The normalized spacial score (nSPS) is 11.5. The fraction of sp³-hybridized carbons (Fsp3) is 0.161. The standard InChI is InChI=1S/C31H29ClFN3O2/c1-35(2)27-18-16-26(17-19-27)34-31(38)30(23-12-14-25(32)15-13-23)36(21-24-10-6-7-11-28(24)33)29(37)20-22-8-4-3-5-9-22/h3-19,30H,20-21H2,1-2H3,(H,34,38)/t30-/m1/s1. The Balaban J connectivity index is 1.73. The van der Waals surface area contributed by atoms with Crippen LogP contribution in [0.3, 0.4) is 0 Å². The Kier molecular flexibility index (Phi) is 8.77. The van der Waals surface area contributed by atoms with Gasteiger partial charge in [-0.05, 0) is 53.6 Å². The Morgan fingerprint density at radius 3 is 2.11 bits per heavy atom. The Bertz CT molecular complexity index is 1380. The highest BCUT2D eigenvalue weighted by Crippen LogP contribution is 2.28. The van der Waals surface area contributed by atoms with E-state index in [1.54, 1.807) is 54.6 Å². The Labute approximate surface area is 227 Å². The molecule has 0 heterocycles. The fourth-order valence-electron chi connectivity index (χ4n) is 4.18. The summed E-state index contributed by atoms with van der Waals surface area (Å²) in [6.07, 6.45) is 0.0597. The smallest absolute Gasteiger partial charge is 0.251 e. The number of amides is 2. The van der Waals surface area contributed by atoms with Crippen LogP contribution in [0.1, 0.15) is 22.7 Å². The molecule has 5 nitrogen and oxygen atoms in total. The summed E-state index contributed by atoms with van der Waals surface area (Å²) >= 11 is 6.13. The summed E-state index contributed by atoms with van der Waals surface area (Å²) in [7, 11) is 3.87. The molecule has 4 aromatic carbocycles. The summed E-state index contributed by atoms with van der Waals surface area (Å²) in [6.45, 7) is -0.0847. The molecule has 0 aromatic heterocycles. The highest BCUT2D eigenvalue weighted by molar-refractivity contribution is 6.30. The molecule has 4 aromatic rings. The highest BCUT2D eigenvalue weighted by atomic mass is 35.5. The van der Waals surface area contributed by atoms with Gasteiger partial charge in [0, 0.05) is 42.6 Å². The van der Waals surface area contributed by atoms with Gasteiger partial charge in [0.1, 0.15) is 11.9 Å². The van der Waals surface area contributed by atoms with Crippen LogP contribution in [0.4, 0.5) is 15.8 Å². The zero-order chi connectivity index (χ0) is 27.1. The van der Waals surface area contributed by atoms with E-state index >= 15 is 0 Å². The van der Waals surface area contributed by atoms with Gasteiger partial charge < -0.3 is 15.1 Å². The van der Waals surface area contributed by atoms with Gasteiger partial charge in [-0.1, -0.05) is 72.3 Å². The van der Waals surface area contributed by atoms with Crippen LogP contribution in [0.5, 0.6) is 0 Å². The van der Waals surface area contributed by atoms with Gasteiger partial charge in [-0.2, -0.15) is 0 Å². The summed E-state index contributed by atoms with van der Waals surface area (Å²) in [5, 5.41) is 3.45. The predicted octanol–water partition coefficient (Wildman–Crippen LogP) is 6.50. The van der Waals surface area contributed by atoms with Crippen LogP contribution in [0.25, 0.3) is 0 Å². The molecule has 194 valence electrons. The maximum atomic E-state index is 14.8. The maximum absolute atomic E-state index is 14.8. The molecule has 2 amide bonds. The quantitative estimate of drug-likeness (QED) is 0.269. The van der Waals surface area contributed by atoms with Crippen LogP contribution in [-0.2, 0) is 22.6 Å². The first-order chi connectivity index (χ1) is 18.3. The molecule has 1 atom stereocenters. The highest BCUT2D eigenvalue weighted by Gasteiger charge is 2.32. The topological polar surface area (TPSA) is 52.7 Å². The van der Waals surface area contributed by atoms with Crippen molar-refractivity contribution in [1.82, 2.24) is 4.90 Å². The van der Waals surface area contributed by atoms with Crippen LogP contribution >= 0.6 is 11.6 Å². The van der Waals surface area contributed by atoms with E-state index < -0.39 is 17.8 Å². The second-order valence-corrected chi connectivity index (χ2v) is 9.60. The van der Waals surface area contributed by atoms with Gasteiger partial charge in [0.05, 0.1) is 6.42 Å². The fourth-order valence-corrected chi connectivity index (χ4v) is 4.30. The molecular formula is C31H29ClFN3O2. The second kappa shape index (κ2) is 12.4. The number of nitrogens with one attached hydrogen (secondary N) is 1. The summed E-state index contributed by atoms with van der Waals surface area (Å²) in [6, 6.07) is 28.7. The first-order valence-electron chi connectivity index (χ1n) is 12.2. The van der Waals surface area contributed by atoms with E-state index in [0.717, 1.165) is 11.3 Å². The van der Waals surface area contributed by atoms with Gasteiger partial charge in [0.15, 0.2) is 0 Å². The van der Waals surface area contributed by atoms with E-state index in [-0.39, 0.29) is 18.9 Å². The number of benzene rings is 4. The summed E-state index contributed by atoms with van der Waals surface area (Å²) in [4.78, 5) is 31.0. The Morgan fingerprint density at radius 1 is 0.842 bits per heavy atom. The summed E-state index contributed by atoms with van der Waals surface area (Å²) in [5.41, 5.74) is 3.24. The first kappa shape index (κ1) is 26.9. The number of rotatable bonds is 9. The van der Waals surface area contributed by atoms with E-state index in [2.05, 4.69) is 5.32 Å². The molecule has 0 aliphatic carbocycles. The average molecular weight is 530 g/mol. The van der Waals surface area contributed by atoms with Gasteiger partial charge in [0.2, 0.25) is 5.91 Å². The first-order valence-corrected chi connectivity index (χ1v) is 12.6. The van der Waals surface area contributed by atoms with Crippen molar-refractivity contribution < 1.29 is 14.0 Å². The molecule has 0 saturated heterocycles. The summed E-state index contributed by atoms with van der Waals surface area (Å²) in [5.74, 6) is -1.17. The minimum Gasteiger partial charge on any atom is -0.378 e. The van der Waals surface area contributed by atoms with Crippen molar-refractivity contribution in [3.63, 3.8) is 0 Å². The Hall–Kier alpha value is -4.16. The van der Waals surface area contributed by atoms with Crippen LogP contribution in [0.15, 0.2) is 103 Å². The largest absolute Gasteiger partial charge is 0.378 e. The van der Waals surface area contributed by atoms with E-state index in [0.29, 0.717) is 21.8 Å². The number of hydrogen-bond acceptors (Lipinski definition) is 3. The number of carbonyl (C=O) groups is 2. The van der Waals surface area contributed by atoms with Crippen molar-refractivity contribution in [3.05, 3.63) is 131 Å². The number of carbonyl (C=O) groups excluding carboxylic acids is 2. The SMILES string of the molecule is CN(C)c1ccc(NC(=O)[C@@H](c2ccc(Cl)cc2)N(Cc2ccccc2F)C(=O)Cc2ccccc2)cc1. The van der Waals surface area contributed by atoms with Crippen molar-refractivity contribution in [2.24, 2.45) is 0 Å². The van der Waals surface area contributed by atoms with Crippen LogP contribution in [-0.4, -0.2) is 30.8 Å². The van der Waals surface area contributed by atoms with Crippen LogP contribution in [0, 0.1) is 5.82 Å². The monoisotopic (exact) mass is 529 g/mol. The third-order valence-corrected chi connectivity index (χ3v) is 6.47. The molecule has 0 aliphatic heterocycles. The molecule has 38 heavy (non-hydrogen) atoms. The maximum Gasteiger partial charge on any atom is 0.251 e. The molecule has 0 radical (unpaired) electrons. The predicted molar refractivity (Wildman–Crippen MR) is 151 cm³/mol. The molecule has 0 saturated carbocycles. The summed E-state index contributed by atoms with van der Waals surface area (Å²) < 4.78 is 14.8. The minimum absolute atomic E-state index is 0.0597. The number of anilines is 2. The van der Waals surface area contributed by atoms with Crippen molar-refractivity contribution in [1.29, 1.82) is 0 Å². The Morgan fingerprint density at radius 2 is 1.47 bits per heavy atom. The molecule has 0 fully saturated rings. The molecule has 1 N–H and O–H groups in total. The molecular weight excluding hydrogens is 501 g/mol. The van der Waals surface area contributed by atoms with E-state index in [1.807, 2.05) is 61.5 Å². The lowest BCUT2D eigenvalue weighted by atomic mass is 10.0. The van der Waals surface area contributed by atoms with Crippen molar-refractivity contribution in [3.8, 4) is 0 Å². The van der Waals surface area contributed by atoms with Crippen LogP contribution < -0.4 is 10.2 Å². The lowest BCUT2D eigenvalue weighted by Crippen LogP contribution is -2.41. The van der Waals surface area contributed by atoms with Gasteiger partial charge in [-0.3, -0.25) is 9.59 Å². The third kappa shape index (κ3) is 6.78. The average Bonchev–Trinajstić information content (AvgIpc) is 2.91. The van der Waals surface area contributed by atoms with Crippen LogP contribution in [0.2, 0.25) is 5.02 Å². The van der Waals surface area contributed by atoms with Gasteiger partial charge >= 0.3 is 0 Å². The number of hydrogen-bond donors (Lipinski definition) is 1. The molecule has 0 bridgehead atoms. The third-order valence-electron chi connectivity index (χ3n) is 6.21. The molecule has 0 spiro atoms. The number of nitrogens with zero attached hydrogens (tertiary/aromatic N) is 2. The van der Waals surface area contributed by atoms with Gasteiger partial charge in [0.25, 0.3) is 5.91 Å². The second-order valence-electron chi connectivity index (χ2n) is 9.16. The van der Waals surface area contributed by atoms with Crippen molar-refractivity contribution >= 4 is 34.8 Å².